The van der Waals surface area contributed by atoms with E-state index in [1.54, 1.807) is 23.6 Å². The summed E-state index contributed by atoms with van der Waals surface area (Å²) in [6, 6.07) is 13.2. The molecular formula is C26H25FN4O5S3. The number of hydrogen-bond donors (Lipinski definition) is 2. The molecule has 2 aromatic carbocycles. The van der Waals surface area contributed by atoms with E-state index < -0.39 is 15.8 Å². The topological polar surface area (TPSA) is 141 Å². The van der Waals surface area contributed by atoms with Crippen LogP contribution in [0.25, 0.3) is 10.2 Å². The number of primary sulfonamides is 1. The highest BCUT2D eigenvalue weighted by molar-refractivity contribution is 7.99. The molecule has 2 aromatic heterocycles. The molecule has 0 atom stereocenters. The Bertz CT molecular complexity index is 1650. The molecule has 0 spiro atoms. The van der Waals surface area contributed by atoms with Crippen LogP contribution in [-0.4, -0.2) is 42.0 Å². The number of thioether (sulfide) groups is 1. The summed E-state index contributed by atoms with van der Waals surface area (Å²) < 4.78 is 37.9. The molecule has 0 saturated heterocycles. The van der Waals surface area contributed by atoms with Crippen molar-refractivity contribution in [1.29, 1.82) is 0 Å². The molecule has 2 heterocycles. The number of rotatable bonds is 12. The number of fused-ring (bicyclic) bond motifs is 1. The zero-order valence-corrected chi connectivity index (χ0v) is 23.1. The van der Waals surface area contributed by atoms with E-state index in [-0.39, 0.29) is 40.9 Å². The van der Waals surface area contributed by atoms with Crippen LogP contribution in [0.1, 0.15) is 28.8 Å². The Morgan fingerprint density at radius 3 is 2.49 bits per heavy atom. The monoisotopic (exact) mass is 588 g/mol. The number of carbonyl (C=O) groups excluding carboxylic acids is 2. The van der Waals surface area contributed by atoms with Gasteiger partial charge in [0, 0.05) is 25.1 Å². The van der Waals surface area contributed by atoms with Gasteiger partial charge in [-0.3, -0.25) is 19.0 Å². The Balaban J connectivity index is 1.33. The molecule has 3 N–H and O–H groups in total. The lowest BCUT2D eigenvalue weighted by molar-refractivity contribution is -0.121. The molecule has 204 valence electrons. The van der Waals surface area contributed by atoms with E-state index in [4.69, 9.17) is 5.14 Å². The van der Waals surface area contributed by atoms with Crippen molar-refractivity contribution >= 4 is 55.0 Å². The Morgan fingerprint density at radius 2 is 1.79 bits per heavy atom. The third kappa shape index (κ3) is 7.60. The average molecular weight is 589 g/mol. The van der Waals surface area contributed by atoms with Crippen molar-refractivity contribution in [2.45, 2.75) is 35.9 Å². The second kappa shape index (κ2) is 12.6. The van der Waals surface area contributed by atoms with Gasteiger partial charge >= 0.3 is 0 Å². The van der Waals surface area contributed by atoms with E-state index in [1.165, 1.54) is 52.3 Å². The van der Waals surface area contributed by atoms with Crippen LogP contribution in [0.15, 0.2) is 74.8 Å². The molecule has 4 aromatic rings. The van der Waals surface area contributed by atoms with Crippen LogP contribution in [0.3, 0.4) is 0 Å². The molecule has 13 heteroatoms. The number of hydrogen-bond acceptors (Lipinski definition) is 8. The molecule has 0 saturated carbocycles. The van der Waals surface area contributed by atoms with E-state index in [2.05, 4.69) is 10.3 Å². The first-order chi connectivity index (χ1) is 18.6. The van der Waals surface area contributed by atoms with Gasteiger partial charge in [-0.2, -0.15) is 0 Å². The quantitative estimate of drug-likeness (QED) is 0.147. The number of sulfonamides is 1. The zero-order chi connectivity index (χ0) is 28.0. The fourth-order valence-corrected chi connectivity index (χ4v) is 5.97. The standard InChI is InChI=1S/C26H25FN4O5S3/c27-19-7-5-18(6-8-19)22(32)16-38-26-30-21-12-15-37-24(21)25(34)31(26)14-1-2-23(33)29-13-11-17-3-9-20(10-4-17)39(28,35)36/h3-10,12,15H,1-2,11,13-14,16H2,(H,29,33)(H2,28,35,36). The number of carbonyl (C=O) groups is 2. The minimum absolute atomic E-state index is 0.0202. The number of halogens is 1. The van der Waals surface area contributed by atoms with Gasteiger partial charge in [0.05, 0.1) is 16.2 Å². The Morgan fingerprint density at radius 1 is 1.08 bits per heavy atom. The highest BCUT2D eigenvalue weighted by Crippen LogP contribution is 2.22. The third-order valence-electron chi connectivity index (χ3n) is 5.80. The molecular weight excluding hydrogens is 564 g/mol. The van der Waals surface area contributed by atoms with E-state index in [0.717, 1.165) is 17.3 Å². The zero-order valence-electron chi connectivity index (χ0n) is 20.6. The van der Waals surface area contributed by atoms with Crippen molar-refractivity contribution in [3.63, 3.8) is 0 Å². The van der Waals surface area contributed by atoms with Gasteiger partial charge in [-0.05, 0) is 66.2 Å². The fraction of sp³-hybridized carbons (Fsp3) is 0.231. The van der Waals surface area contributed by atoms with Gasteiger partial charge in [-0.1, -0.05) is 23.9 Å². The van der Waals surface area contributed by atoms with Crippen molar-refractivity contribution in [1.82, 2.24) is 14.9 Å². The summed E-state index contributed by atoms with van der Waals surface area (Å²) >= 11 is 2.41. The van der Waals surface area contributed by atoms with E-state index in [9.17, 15) is 27.2 Å². The molecule has 0 bridgehead atoms. The van der Waals surface area contributed by atoms with Crippen molar-refractivity contribution in [2.24, 2.45) is 5.14 Å². The summed E-state index contributed by atoms with van der Waals surface area (Å²) in [6.07, 6.45) is 1.07. The number of benzene rings is 2. The number of aromatic nitrogens is 2. The highest BCUT2D eigenvalue weighted by atomic mass is 32.2. The van der Waals surface area contributed by atoms with Gasteiger partial charge in [0.2, 0.25) is 15.9 Å². The lowest BCUT2D eigenvalue weighted by atomic mass is 10.1. The predicted molar refractivity (Wildman–Crippen MR) is 149 cm³/mol. The van der Waals surface area contributed by atoms with E-state index in [1.807, 2.05) is 0 Å². The maximum atomic E-state index is 13.2. The third-order valence-corrected chi connectivity index (χ3v) is 8.60. The maximum Gasteiger partial charge on any atom is 0.272 e. The molecule has 0 aliphatic carbocycles. The predicted octanol–water partition coefficient (Wildman–Crippen LogP) is 3.36. The van der Waals surface area contributed by atoms with Gasteiger partial charge in [-0.15, -0.1) is 11.3 Å². The van der Waals surface area contributed by atoms with Crippen molar-refractivity contribution < 1.29 is 22.4 Å². The highest BCUT2D eigenvalue weighted by Gasteiger charge is 2.16. The molecule has 0 radical (unpaired) electrons. The number of ketones is 1. The number of nitrogens with zero attached hydrogens (tertiary/aromatic N) is 2. The van der Waals surface area contributed by atoms with Crippen LogP contribution < -0.4 is 16.0 Å². The first-order valence-electron chi connectivity index (χ1n) is 11.9. The summed E-state index contributed by atoms with van der Waals surface area (Å²) in [5.41, 5.74) is 1.54. The van der Waals surface area contributed by atoms with Gasteiger partial charge in [-0.25, -0.2) is 22.9 Å². The Kier molecular flexibility index (Phi) is 9.28. The lowest BCUT2D eigenvalue weighted by Crippen LogP contribution is -2.27. The molecule has 0 fully saturated rings. The first-order valence-corrected chi connectivity index (χ1v) is 15.3. The van der Waals surface area contributed by atoms with Crippen LogP contribution in [0, 0.1) is 5.82 Å². The fourth-order valence-electron chi connectivity index (χ4n) is 3.76. The lowest BCUT2D eigenvalue weighted by Gasteiger charge is -2.12. The van der Waals surface area contributed by atoms with Gasteiger partial charge in [0.25, 0.3) is 5.56 Å². The molecule has 0 unspecified atom stereocenters. The number of thiophene rings is 1. The SMILES string of the molecule is NS(=O)(=O)c1ccc(CCNC(=O)CCCn2c(SCC(=O)c3ccc(F)cc3)nc3ccsc3c2=O)cc1. The normalized spacial score (nSPS) is 11.5. The second-order valence-corrected chi connectivity index (χ2v) is 12.0. The molecule has 0 aliphatic rings. The first kappa shape index (κ1) is 28.6. The Hall–Kier alpha value is -3.39. The van der Waals surface area contributed by atoms with E-state index >= 15 is 0 Å². The number of Topliss-reactive ketones (excluding diaryl/α,β-unsaturated/α-hetero) is 1. The number of nitrogens with one attached hydrogen (secondary N) is 1. The Labute approximate surface area is 232 Å². The van der Waals surface area contributed by atoms with Gasteiger partial charge in [0.1, 0.15) is 10.5 Å². The van der Waals surface area contributed by atoms with Crippen molar-refractivity contribution in [3.05, 3.63) is 87.3 Å². The summed E-state index contributed by atoms with van der Waals surface area (Å²) in [4.78, 5) is 42.6. The van der Waals surface area contributed by atoms with Crippen molar-refractivity contribution in [3.8, 4) is 0 Å². The largest absolute Gasteiger partial charge is 0.356 e. The van der Waals surface area contributed by atoms with Crippen LogP contribution >= 0.6 is 23.1 Å². The number of amides is 1. The molecule has 9 nitrogen and oxygen atoms in total. The average Bonchev–Trinajstić information content (AvgIpc) is 3.38. The summed E-state index contributed by atoms with van der Waals surface area (Å²) in [7, 11) is -3.75. The summed E-state index contributed by atoms with van der Waals surface area (Å²) in [5.74, 6) is -0.813. The number of nitrogens with two attached hydrogens (primary N) is 1. The van der Waals surface area contributed by atoms with E-state index in [0.29, 0.717) is 40.3 Å². The molecule has 0 aliphatic heterocycles. The minimum atomic E-state index is -3.75. The summed E-state index contributed by atoms with van der Waals surface area (Å²) in [5, 5.41) is 10.1. The van der Waals surface area contributed by atoms with Crippen LogP contribution in [-0.2, 0) is 27.8 Å². The van der Waals surface area contributed by atoms with Gasteiger partial charge < -0.3 is 5.32 Å². The molecule has 4 rings (SSSR count). The van der Waals surface area contributed by atoms with Crippen LogP contribution in [0.5, 0.6) is 0 Å². The minimum Gasteiger partial charge on any atom is -0.356 e. The molecule has 39 heavy (non-hydrogen) atoms. The molecule has 1 amide bonds. The van der Waals surface area contributed by atoms with Gasteiger partial charge in [0.15, 0.2) is 10.9 Å². The maximum absolute atomic E-state index is 13.2. The van der Waals surface area contributed by atoms with Crippen LogP contribution in [0.2, 0.25) is 0 Å². The van der Waals surface area contributed by atoms with Crippen LogP contribution in [0.4, 0.5) is 4.39 Å². The second-order valence-electron chi connectivity index (χ2n) is 8.60. The summed E-state index contributed by atoms with van der Waals surface area (Å²) in [6.45, 7) is 0.609. The van der Waals surface area contributed by atoms with Crippen molar-refractivity contribution in [2.75, 3.05) is 12.3 Å². The smallest absolute Gasteiger partial charge is 0.272 e.